The molecule has 2 aromatic rings. The summed E-state index contributed by atoms with van der Waals surface area (Å²) >= 11 is 6.98. The van der Waals surface area contributed by atoms with Gasteiger partial charge in [-0.3, -0.25) is 0 Å². The molecule has 0 aliphatic heterocycles. The van der Waals surface area contributed by atoms with E-state index in [0.29, 0.717) is 0 Å². The van der Waals surface area contributed by atoms with E-state index >= 15 is 0 Å². The molecule has 1 unspecified atom stereocenters. The van der Waals surface area contributed by atoms with Gasteiger partial charge in [-0.25, -0.2) is 0 Å². The lowest BCUT2D eigenvalue weighted by atomic mass is 9.99. The van der Waals surface area contributed by atoms with Crippen molar-refractivity contribution in [3.05, 3.63) is 41.7 Å². The first-order valence-corrected chi connectivity index (χ1v) is 8.63. The molecule has 18 heavy (non-hydrogen) atoms. The van der Waals surface area contributed by atoms with Crippen LogP contribution in [0.3, 0.4) is 0 Å². The fourth-order valence-electron chi connectivity index (χ4n) is 2.40. The van der Waals surface area contributed by atoms with Crippen LogP contribution in [0.4, 0.5) is 0 Å². The maximum Gasteiger partial charge on any atom is 0.122 e. The Kier molecular flexibility index (Phi) is 3.63. The number of hydrogen-bond donors (Lipinski definition) is 1. The van der Waals surface area contributed by atoms with Crippen LogP contribution in [0.15, 0.2) is 16.6 Å². The second kappa shape index (κ2) is 5.08. The van der Waals surface area contributed by atoms with Crippen molar-refractivity contribution in [2.45, 2.75) is 38.7 Å². The molecule has 2 aromatic heterocycles. The van der Waals surface area contributed by atoms with Gasteiger partial charge in [0.05, 0.1) is 0 Å². The first-order valence-electron chi connectivity index (χ1n) is 6.20. The average molecular weight is 343 g/mol. The number of rotatable bonds is 2. The molecular formula is C14H15BrOS2. The molecular weight excluding hydrogens is 328 g/mol. The maximum atomic E-state index is 10.5. The molecule has 0 fully saturated rings. The van der Waals surface area contributed by atoms with Crippen molar-refractivity contribution in [2.75, 3.05) is 0 Å². The Bertz CT molecular complexity index is 527. The number of thiophene rings is 2. The Balaban J connectivity index is 1.92. The normalized spacial score (nSPS) is 16.6. The summed E-state index contributed by atoms with van der Waals surface area (Å²) in [5.74, 6) is 0. The molecule has 0 aromatic carbocycles. The van der Waals surface area contributed by atoms with E-state index in [1.165, 1.54) is 41.0 Å². The molecule has 1 atom stereocenters. The minimum atomic E-state index is -0.449. The monoisotopic (exact) mass is 342 g/mol. The van der Waals surface area contributed by atoms with Crippen LogP contribution in [-0.2, 0) is 12.8 Å². The fourth-order valence-corrected chi connectivity index (χ4v) is 5.31. The zero-order valence-corrected chi connectivity index (χ0v) is 13.4. The molecule has 0 bridgehead atoms. The fraction of sp³-hybridized carbons (Fsp3) is 0.429. The van der Waals surface area contributed by atoms with E-state index in [-0.39, 0.29) is 0 Å². The molecule has 1 aliphatic rings. The summed E-state index contributed by atoms with van der Waals surface area (Å²) in [5.41, 5.74) is 1.47. The molecule has 3 rings (SSSR count). The Morgan fingerprint density at radius 2 is 1.89 bits per heavy atom. The van der Waals surface area contributed by atoms with E-state index in [1.54, 1.807) is 22.7 Å². The average Bonchev–Trinajstić information content (AvgIpc) is 2.93. The number of fused-ring (bicyclic) bond motifs is 1. The van der Waals surface area contributed by atoms with E-state index in [1.807, 2.05) is 6.07 Å². The summed E-state index contributed by atoms with van der Waals surface area (Å²) in [7, 11) is 0. The molecule has 4 heteroatoms. The smallest absolute Gasteiger partial charge is 0.122 e. The number of aliphatic hydroxyl groups is 1. The molecule has 0 saturated heterocycles. The van der Waals surface area contributed by atoms with Crippen molar-refractivity contribution in [1.29, 1.82) is 0 Å². The minimum absolute atomic E-state index is 0.449. The third kappa shape index (κ3) is 2.31. The Morgan fingerprint density at radius 1 is 1.17 bits per heavy atom. The summed E-state index contributed by atoms with van der Waals surface area (Å²) in [6.45, 7) is 2.07. The largest absolute Gasteiger partial charge is 0.382 e. The topological polar surface area (TPSA) is 20.2 Å². The van der Waals surface area contributed by atoms with Gasteiger partial charge in [0.15, 0.2) is 0 Å². The van der Waals surface area contributed by atoms with Crippen molar-refractivity contribution in [3.8, 4) is 0 Å². The van der Waals surface area contributed by atoms with Crippen molar-refractivity contribution in [3.63, 3.8) is 0 Å². The van der Waals surface area contributed by atoms with Gasteiger partial charge in [-0.2, -0.15) is 0 Å². The highest BCUT2D eigenvalue weighted by Gasteiger charge is 2.20. The SMILES string of the molecule is Cc1sc(C(O)c2cc3c(s2)CCCC3)cc1Br. The van der Waals surface area contributed by atoms with E-state index < -0.39 is 6.10 Å². The molecule has 1 nitrogen and oxygen atoms in total. The second-order valence-electron chi connectivity index (χ2n) is 4.76. The van der Waals surface area contributed by atoms with Gasteiger partial charge in [0.1, 0.15) is 6.10 Å². The lowest BCUT2D eigenvalue weighted by Crippen LogP contribution is -1.96. The second-order valence-corrected chi connectivity index (χ2v) is 8.07. The highest BCUT2D eigenvalue weighted by atomic mass is 79.9. The highest BCUT2D eigenvalue weighted by Crippen LogP contribution is 2.39. The summed E-state index contributed by atoms with van der Waals surface area (Å²) < 4.78 is 1.10. The molecule has 96 valence electrons. The predicted molar refractivity (Wildman–Crippen MR) is 81.8 cm³/mol. The van der Waals surface area contributed by atoms with Crippen LogP contribution in [0.2, 0.25) is 0 Å². The summed E-state index contributed by atoms with van der Waals surface area (Å²) in [6, 6.07) is 4.26. The van der Waals surface area contributed by atoms with Crippen molar-refractivity contribution >= 4 is 38.6 Å². The van der Waals surface area contributed by atoms with Crippen LogP contribution >= 0.6 is 38.6 Å². The molecule has 0 radical (unpaired) electrons. The van der Waals surface area contributed by atoms with Gasteiger partial charge in [-0.05, 0) is 66.2 Å². The molecule has 1 N–H and O–H groups in total. The zero-order valence-electron chi connectivity index (χ0n) is 10.2. The highest BCUT2D eigenvalue weighted by molar-refractivity contribution is 9.10. The van der Waals surface area contributed by atoms with E-state index in [2.05, 4.69) is 28.9 Å². The van der Waals surface area contributed by atoms with Crippen molar-refractivity contribution < 1.29 is 5.11 Å². The minimum Gasteiger partial charge on any atom is -0.382 e. The van der Waals surface area contributed by atoms with Crippen molar-refractivity contribution in [2.24, 2.45) is 0 Å². The summed E-state index contributed by atoms with van der Waals surface area (Å²) in [5, 5.41) is 10.5. The van der Waals surface area contributed by atoms with Crippen LogP contribution in [0, 0.1) is 6.92 Å². The third-order valence-corrected chi connectivity index (χ3v) is 6.91. The van der Waals surface area contributed by atoms with Gasteiger partial charge >= 0.3 is 0 Å². The summed E-state index contributed by atoms with van der Waals surface area (Å²) in [6.07, 6.45) is 4.52. The van der Waals surface area contributed by atoms with E-state index in [9.17, 15) is 5.11 Å². The van der Waals surface area contributed by atoms with Crippen LogP contribution in [0.25, 0.3) is 0 Å². The van der Waals surface area contributed by atoms with Gasteiger partial charge < -0.3 is 5.11 Å². The van der Waals surface area contributed by atoms with Crippen LogP contribution in [-0.4, -0.2) is 5.11 Å². The van der Waals surface area contributed by atoms with E-state index in [4.69, 9.17) is 0 Å². The van der Waals surface area contributed by atoms with Crippen LogP contribution < -0.4 is 0 Å². The molecule has 0 amide bonds. The number of hydrogen-bond acceptors (Lipinski definition) is 3. The number of halogens is 1. The van der Waals surface area contributed by atoms with Gasteiger partial charge in [0, 0.05) is 24.0 Å². The van der Waals surface area contributed by atoms with Crippen LogP contribution in [0.5, 0.6) is 0 Å². The first-order chi connectivity index (χ1) is 8.65. The lowest BCUT2D eigenvalue weighted by Gasteiger charge is -2.08. The van der Waals surface area contributed by atoms with Gasteiger partial charge in [-0.15, -0.1) is 22.7 Å². The van der Waals surface area contributed by atoms with Crippen LogP contribution in [0.1, 0.15) is 44.0 Å². The zero-order chi connectivity index (χ0) is 12.7. The molecule has 0 spiro atoms. The predicted octanol–water partition coefficient (Wildman–Crippen LogP) is 4.84. The van der Waals surface area contributed by atoms with Gasteiger partial charge in [-0.1, -0.05) is 0 Å². The molecule has 0 saturated carbocycles. The number of aryl methyl sites for hydroxylation is 3. The number of aliphatic hydroxyl groups excluding tert-OH is 1. The lowest BCUT2D eigenvalue weighted by molar-refractivity contribution is 0.228. The molecule has 1 aliphatic carbocycles. The summed E-state index contributed by atoms with van der Waals surface area (Å²) in [4.78, 5) is 4.86. The first kappa shape index (κ1) is 12.9. The van der Waals surface area contributed by atoms with Gasteiger partial charge in [0.2, 0.25) is 0 Å². The van der Waals surface area contributed by atoms with E-state index in [0.717, 1.165) is 14.2 Å². The van der Waals surface area contributed by atoms with Gasteiger partial charge in [0.25, 0.3) is 0 Å². The Hall–Kier alpha value is -0.160. The quantitative estimate of drug-likeness (QED) is 0.827. The molecule has 2 heterocycles. The Morgan fingerprint density at radius 3 is 2.56 bits per heavy atom. The third-order valence-electron chi connectivity index (χ3n) is 3.43. The standard InChI is InChI=1S/C14H15BrOS2/c1-8-10(15)7-13(17-8)14(16)12-6-9-4-2-3-5-11(9)18-12/h6-7,14,16H,2-5H2,1H3. The Labute approximate surface area is 124 Å². The van der Waals surface area contributed by atoms with Crippen molar-refractivity contribution in [1.82, 2.24) is 0 Å². The maximum absolute atomic E-state index is 10.5.